The van der Waals surface area contributed by atoms with E-state index in [0.717, 1.165) is 17.4 Å². The highest BCUT2D eigenvalue weighted by Gasteiger charge is 2.33. The van der Waals surface area contributed by atoms with Crippen molar-refractivity contribution < 1.29 is 28.7 Å². The first-order valence-electron chi connectivity index (χ1n) is 9.16. The number of hydrogen-bond donors (Lipinski definition) is 1. The van der Waals surface area contributed by atoms with Gasteiger partial charge in [0.2, 0.25) is 0 Å². The van der Waals surface area contributed by atoms with Crippen LogP contribution >= 0.6 is 11.8 Å². The Balaban J connectivity index is 1.33. The SMILES string of the molecule is O=C1CC=C(C(=O)NC[C@H]2CN(c3ccc(N4CCOCC4=O)cc3)C(=O)O2)S1. The van der Waals surface area contributed by atoms with Crippen LogP contribution in [0.25, 0.3) is 0 Å². The van der Waals surface area contributed by atoms with Crippen LogP contribution in [0.15, 0.2) is 35.2 Å². The van der Waals surface area contributed by atoms with E-state index in [2.05, 4.69) is 5.32 Å². The van der Waals surface area contributed by atoms with Crippen LogP contribution in [0.5, 0.6) is 0 Å². The molecule has 1 aromatic carbocycles. The number of rotatable bonds is 5. The van der Waals surface area contributed by atoms with E-state index < -0.39 is 12.2 Å². The lowest BCUT2D eigenvalue weighted by Crippen LogP contribution is -2.41. The van der Waals surface area contributed by atoms with Crippen LogP contribution in [-0.2, 0) is 23.9 Å². The Morgan fingerprint density at radius 2 is 1.86 bits per heavy atom. The Labute approximate surface area is 171 Å². The number of cyclic esters (lactones) is 1. The molecule has 29 heavy (non-hydrogen) atoms. The van der Waals surface area contributed by atoms with Crippen molar-refractivity contribution in [1.82, 2.24) is 5.32 Å². The van der Waals surface area contributed by atoms with Crippen molar-refractivity contribution in [2.75, 3.05) is 42.6 Å². The fourth-order valence-electron chi connectivity index (χ4n) is 3.26. The number of carbonyl (C=O) groups excluding carboxylic acids is 4. The van der Waals surface area contributed by atoms with Crippen LogP contribution in [0.2, 0.25) is 0 Å². The second-order valence-corrected chi connectivity index (χ2v) is 7.79. The third-order valence-electron chi connectivity index (χ3n) is 4.72. The summed E-state index contributed by atoms with van der Waals surface area (Å²) in [5, 5.41) is 2.64. The number of nitrogens with zero attached hydrogens (tertiary/aromatic N) is 2. The van der Waals surface area contributed by atoms with Gasteiger partial charge in [-0.25, -0.2) is 4.79 Å². The minimum absolute atomic E-state index is 0.0594. The van der Waals surface area contributed by atoms with Gasteiger partial charge in [0.25, 0.3) is 11.8 Å². The molecule has 2 fully saturated rings. The number of hydrogen-bond acceptors (Lipinski definition) is 7. The van der Waals surface area contributed by atoms with Crippen LogP contribution in [-0.4, -0.2) is 62.0 Å². The van der Waals surface area contributed by atoms with Gasteiger partial charge in [-0.05, 0) is 36.0 Å². The molecule has 0 aromatic heterocycles. The zero-order chi connectivity index (χ0) is 20.4. The van der Waals surface area contributed by atoms with E-state index in [1.165, 1.54) is 4.90 Å². The molecule has 0 radical (unpaired) electrons. The van der Waals surface area contributed by atoms with Crippen molar-refractivity contribution >= 4 is 46.2 Å². The molecule has 3 aliphatic rings. The zero-order valence-corrected chi connectivity index (χ0v) is 16.3. The Kier molecular flexibility index (Phi) is 5.54. The molecule has 10 heteroatoms. The van der Waals surface area contributed by atoms with Crippen molar-refractivity contribution in [3.8, 4) is 0 Å². The molecule has 152 valence electrons. The lowest BCUT2D eigenvalue weighted by molar-refractivity contribution is -0.125. The molecule has 0 spiro atoms. The van der Waals surface area contributed by atoms with Crippen LogP contribution in [0.1, 0.15) is 6.42 Å². The Hall–Kier alpha value is -2.85. The van der Waals surface area contributed by atoms with Crippen LogP contribution in [0, 0.1) is 0 Å². The highest BCUT2D eigenvalue weighted by atomic mass is 32.2. The van der Waals surface area contributed by atoms with Crippen LogP contribution in [0.3, 0.4) is 0 Å². The van der Waals surface area contributed by atoms with Gasteiger partial charge >= 0.3 is 6.09 Å². The molecule has 9 nitrogen and oxygen atoms in total. The first-order chi connectivity index (χ1) is 14.0. The van der Waals surface area contributed by atoms with Crippen LogP contribution in [0.4, 0.5) is 16.2 Å². The maximum atomic E-state index is 12.2. The summed E-state index contributed by atoms with van der Waals surface area (Å²) in [7, 11) is 0. The third kappa shape index (κ3) is 4.28. The lowest BCUT2D eigenvalue weighted by Gasteiger charge is -2.27. The molecule has 0 aliphatic carbocycles. The predicted molar refractivity (Wildman–Crippen MR) is 106 cm³/mol. The van der Waals surface area contributed by atoms with Gasteiger partial charge in [-0.15, -0.1) is 0 Å². The Morgan fingerprint density at radius 1 is 1.14 bits per heavy atom. The highest BCUT2D eigenvalue weighted by molar-refractivity contribution is 8.18. The maximum Gasteiger partial charge on any atom is 0.414 e. The van der Waals surface area contributed by atoms with Crippen molar-refractivity contribution in [2.24, 2.45) is 0 Å². The second-order valence-electron chi connectivity index (χ2n) is 6.69. The molecule has 0 saturated carbocycles. The quantitative estimate of drug-likeness (QED) is 0.763. The van der Waals surface area contributed by atoms with Gasteiger partial charge in [0, 0.05) is 24.3 Å². The highest BCUT2D eigenvalue weighted by Crippen LogP contribution is 2.27. The van der Waals surface area contributed by atoms with Gasteiger partial charge in [-0.3, -0.25) is 19.3 Å². The van der Waals surface area contributed by atoms with E-state index in [4.69, 9.17) is 9.47 Å². The number of benzene rings is 1. The lowest BCUT2D eigenvalue weighted by atomic mass is 10.2. The zero-order valence-electron chi connectivity index (χ0n) is 15.5. The summed E-state index contributed by atoms with van der Waals surface area (Å²) in [6.07, 6.45) is 0.862. The standard InChI is InChI=1S/C19H19N3O6S/c23-16-11-27-8-7-21(16)12-1-3-13(4-2-12)22-10-14(28-19(22)26)9-20-18(25)15-5-6-17(24)29-15/h1-5,14H,6-11H2,(H,20,25)/t14-/m0/s1. The number of anilines is 2. The molecule has 3 heterocycles. The average Bonchev–Trinajstić information content (AvgIpc) is 3.32. The van der Waals surface area contributed by atoms with Crippen molar-refractivity contribution in [3.63, 3.8) is 0 Å². The van der Waals surface area contributed by atoms with E-state index in [1.54, 1.807) is 35.2 Å². The largest absolute Gasteiger partial charge is 0.442 e. The summed E-state index contributed by atoms with van der Waals surface area (Å²) in [4.78, 5) is 50.9. The van der Waals surface area contributed by atoms with Crippen molar-refractivity contribution in [3.05, 3.63) is 35.2 Å². The summed E-state index contributed by atoms with van der Waals surface area (Å²) in [6.45, 7) is 1.50. The molecule has 0 bridgehead atoms. The molecule has 1 N–H and O–H groups in total. The molecular weight excluding hydrogens is 398 g/mol. The monoisotopic (exact) mass is 417 g/mol. The second kappa shape index (κ2) is 8.26. The molecule has 3 aliphatic heterocycles. The number of nitrogens with one attached hydrogen (secondary N) is 1. The van der Waals surface area contributed by atoms with Gasteiger partial charge < -0.3 is 19.7 Å². The van der Waals surface area contributed by atoms with Crippen LogP contribution < -0.4 is 15.1 Å². The molecule has 1 aromatic rings. The average molecular weight is 417 g/mol. The molecule has 1 atom stereocenters. The van der Waals surface area contributed by atoms with Gasteiger partial charge in [-0.2, -0.15) is 0 Å². The molecular formula is C19H19N3O6S. The fraction of sp³-hybridized carbons (Fsp3) is 0.368. The fourth-order valence-corrected chi connectivity index (χ4v) is 4.00. The molecule has 2 saturated heterocycles. The van der Waals surface area contributed by atoms with Crippen molar-refractivity contribution in [2.45, 2.75) is 12.5 Å². The topological polar surface area (TPSA) is 105 Å². The first kappa shape index (κ1) is 19.5. The number of allylic oxidation sites excluding steroid dienone is 1. The molecule has 3 amide bonds. The number of thioether (sulfide) groups is 1. The Morgan fingerprint density at radius 3 is 2.52 bits per heavy atom. The molecule has 0 unspecified atom stereocenters. The van der Waals surface area contributed by atoms with E-state index in [9.17, 15) is 19.2 Å². The third-order valence-corrected chi connectivity index (χ3v) is 5.69. The summed E-state index contributed by atoms with van der Waals surface area (Å²) in [5.41, 5.74) is 1.39. The van der Waals surface area contributed by atoms with E-state index in [-0.39, 0.29) is 36.5 Å². The van der Waals surface area contributed by atoms with E-state index >= 15 is 0 Å². The minimum Gasteiger partial charge on any atom is -0.442 e. The predicted octanol–water partition coefficient (Wildman–Crippen LogP) is 1.04. The number of carbonyl (C=O) groups is 4. The summed E-state index contributed by atoms with van der Waals surface area (Å²) < 4.78 is 10.5. The summed E-state index contributed by atoms with van der Waals surface area (Å²) in [5.74, 6) is -0.437. The maximum absolute atomic E-state index is 12.2. The first-order valence-corrected chi connectivity index (χ1v) is 9.98. The van der Waals surface area contributed by atoms with Gasteiger partial charge in [0.1, 0.15) is 12.7 Å². The summed E-state index contributed by atoms with van der Waals surface area (Å²) >= 11 is 0.923. The number of amides is 3. The normalized spacial score (nSPS) is 22.0. The van der Waals surface area contributed by atoms with Crippen molar-refractivity contribution in [1.29, 1.82) is 0 Å². The summed E-state index contributed by atoms with van der Waals surface area (Å²) in [6, 6.07) is 7.07. The van der Waals surface area contributed by atoms with Gasteiger partial charge in [-0.1, -0.05) is 6.08 Å². The van der Waals surface area contributed by atoms with Gasteiger partial charge in [0.05, 0.1) is 24.6 Å². The molecule has 4 rings (SSSR count). The number of morpholine rings is 1. The smallest absolute Gasteiger partial charge is 0.414 e. The minimum atomic E-state index is -0.496. The number of ether oxygens (including phenoxy) is 2. The Bertz CT molecular complexity index is 884. The van der Waals surface area contributed by atoms with Gasteiger partial charge in [0.15, 0.2) is 5.12 Å². The van der Waals surface area contributed by atoms with E-state index in [1.807, 2.05) is 0 Å². The van der Waals surface area contributed by atoms with E-state index in [0.29, 0.717) is 30.3 Å².